The van der Waals surface area contributed by atoms with Gasteiger partial charge in [0.1, 0.15) is 5.75 Å². The first-order valence-electron chi connectivity index (χ1n) is 5.98. The molecule has 1 aliphatic heterocycles. The fourth-order valence-corrected chi connectivity index (χ4v) is 2.14. The molecule has 16 heavy (non-hydrogen) atoms. The molecule has 1 fully saturated rings. The highest BCUT2D eigenvalue weighted by Gasteiger charge is 2.12. The number of nitrogens with one attached hydrogen (secondary N) is 2. The molecule has 1 atom stereocenters. The maximum atomic E-state index is 5.31. The van der Waals surface area contributed by atoms with Crippen molar-refractivity contribution >= 4 is 5.69 Å². The zero-order valence-electron chi connectivity index (χ0n) is 9.83. The summed E-state index contributed by atoms with van der Waals surface area (Å²) in [4.78, 5) is 0. The van der Waals surface area contributed by atoms with Crippen LogP contribution in [0.4, 0.5) is 5.69 Å². The van der Waals surface area contributed by atoms with E-state index in [-0.39, 0.29) is 0 Å². The summed E-state index contributed by atoms with van der Waals surface area (Å²) in [5, 5.41) is 6.90. The predicted octanol–water partition coefficient (Wildman–Crippen LogP) is 2.11. The largest absolute Gasteiger partial charge is 0.495 e. The van der Waals surface area contributed by atoms with E-state index >= 15 is 0 Å². The van der Waals surface area contributed by atoms with Crippen LogP contribution in [0.5, 0.6) is 5.75 Å². The zero-order valence-corrected chi connectivity index (χ0v) is 9.83. The third-order valence-corrected chi connectivity index (χ3v) is 3.09. The molecule has 3 heteroatoms. The van der Waals surface area contributed by atoms with Gasteiger partial charge in [0, 0.05) is 6.54 Å². The number of piperidine rings is 1. The highest BCUT2D eigenvalue weighted by Crippen LogP contribution is 2.23. The Morgan fingerprint density at radius 2 is 2.31 bits per heavy atom. The number of hydrogen-bond donors (Lipinski definition) is 2. The molecule has 1 unspecified atom stereocenters. The molecule has 0 aliphatic carbocycles. The molecular formula is C13H20N2O. The van der Waals surface area contributed by atoms with Crippen molar-refractivity contribution in [2.24, 2.45) is 5.92 Å². The van der Waals surface area contributed by atoms with Gasteiger partial charge in [-0.25, -0.2) is 0 Å². The van der Waals surface area contributed by atoms with Crippen LogP contribution in [0, 0.1) is 5.92 Å². The average Bonchev–Trinajstić information content (AvgIpc) is 2.38. The molecule has 0 aromatic heterocycles. The molecular weight excluding hydrogens is 200 g/mol. The van der Waals surface area contributed by atoms with E-state index in [1.54, 1.807) is 7.11 Å². The molecule has 1 heterocycles. The Bertz CT molecular complexity index is 321. The first-order chi connectivity index (χ1) is 7.90. The second kappa shape index (κ2) is 5.75. The maximum Gasteiger partial charge on any atom is 0.141 e. The van der Waals surface area contributed by atoms with E-state index in [9.17, 15) is 0 Å². The van der Waals surface area contributed by atoms with Crippen LogP contribution < -0.4 is 15.4 Å². The quantitative estimate of drug-likeness (QED) is 0.815. The van der Waals surface area contributed by atoms with Crippen LogP contribution in [0.1, 0.15) is 12.8 Å². The summed E-state index contributed by atoms with van der Waals surface area (Å²) in [6.07, 6.45) is 2.60. The molecule has 0 bridgehead atoms. The van der Waals surface area contributed by atoms with E-state index in [2.05, 4.69) is 16.7 Å². The van der Waals surface area contributed by atoms with Gasteiger partial charge in [-0.15, -0.1) is 0 Å². The Kier molecular flexibility index (Phi) is 4.05. The SMILES string of the molecule is COc1ccccc1NCC1CCCNC1. The van der Waals surface area contributed by atoms with Gasteiger partial charge in [-0.2, -0.15) is 0 Å². The molecule has 2 N–H and O–H groups in total. The summed E-state index contributed by atoms with van der Waals surface area (Å²) >= 11 is 0. The summed E-state index contributed by atoms with van der Waals surface area (Å²) in [7, 11) is 1.71. The lowest BCUT2D eigenvalue weighted by Crippen LogP contribution is -2.33. The van der Waals surface area contributed by atoms with Gasteiger partial charge in [0.15, 0.2) is 0 Å². The molecule has 88 valence electrons. The van der Waals surface area contributed by atoms with E-state index in [1.807, 2.05) is 18.2 Å². The lowest BCUT2D eigenvalue weighted by molar-refractivity contribution is 0.390. The first-order valence-corrected chi connectivity index (χ1v) is 5.98. The highest BCUT2D eigenvalue weighted by molar-refractivity contribution is 5.56. The van der Waals surface area contributed by atoms with Crippen molar-refractivity contribution in [3.63, 3.8) is 0 Å². The van der Waals surface area contributed by atoms with Gasteiger partial charge in [-0.3, -0.25) is 0 Å². The van der Waals surface area contributed by atoms with E-state index in [4.69, 9.17) is 4.74 Å². The second-order valence-corrected chi connectivity index (χ2v) is 4.29. The summed E-state index contributed by atoms with van der Waals surface area (Å²) in [5.74, 6) is 1.66. The van der Waals surface area contributed by atoms with Crippen molar-refractivity contribution < 1.29 is 4.74 Å². The average molecular weight is 220 g/mol. The van der Waals surface area contributed by atoms with E-state index in [0.717, 1.165) is 30.4 Å². The van der Waals surface area contributed by atoms with E-state index in [0.29, 0.717) is 0 Å². The monoisotopic (exact) mass is 220 g/mol. The maximum absolute atomic E-state index is 5.31. The van der Waals surface area contributed by atoms with Gasteiger partial charge in [0.05, 0.1) is 12.8 Å². The summed E-state index contributed by atoms with van der Waals surface area (Å²) in [5.41, 5.74) is 1.09. The van der Waals surface area contributed by atoms with Gasteiger partial charge in [-0.1, -0.05) is 12.1 Å². The molecule has 1 aromatic carbocycles. The Morgan fingerprint density at radius 3 is 3.06 bits per heavy atom. The number of anilines is 1. The van der Waals surface area contributed by atoms with Gasteiger partial charge in [0.25, 0.3) is 0 Å². The number of hydrogen-bond acceptors (Lipinski definition) is 3. The summed E-state index contributed by atoms with van der Waals surface area (Å²) in [6.45, 7) is 3.32. The third kappa shape index (κ3) is 2.89. The fourth-order valence-electron chi connectivity index (χ4n) is 2.14. The van der Waals surface area contributed by atoms with Crippen LogP contribution in [0.15, 0.2) is 24.3 Å². The Hall–Kier alpha value is -1.22. The molecule has 0 radical (unpaired) electrons. The van der Waals surface area contributed by atoms with Crippen LogP contribution in [0.3, 0.4) is 0 Å². The first kappa shape index (κ1) is 11.3. The Morgan fingerprint density at radius 1 is 1.44 bits per heavy atom. The molecule has 1 aromatic rings. The predicted molar refractivity (Wildman–Crippen MR) is 67.1 cm³/mol. The number of methoxy groups -OCH3 is 1. The summed E-state index contributed by atoms with van der Waals surface area (Å²) < 4.78 is 5.31. The second-order valence-electron chi connectivity index (χ2n) is 4.29. The topological polar surface area (TPSA) is 33.3 Å². The number of para-hydroxylation sites is 2. The normalized spacial score (nSPS) is 20.4. The van der Waals surface area contributed by atoms with Crippen LogP contribution in [-0.4, -0.2) is 26.7 Å². The number of rotatable bonds is 4. The van der Waals surface area contributed by atoms with Crippen molar-refractivity contribution in [1.82, 2.24) is 5.32 Å². The molecule has 0 spiro atoms. The molecule has 2 rings (SSSR count). The van der Waals surface area contributed by atoms with Crippen molar-refractivity contribution in [2.75, 3.05) is 32.1 Å². The van der Waals surface area contributed by atoms with Gasteiger partial charge in [0.2, 0.25) is 0 Å². The molecule has 3 nitrogen and oxygen atoms in total. The zero-order chi connectivity index (χ0) is 11.2. The van der Waals surface area contributed by atoms with Crippen molar-refractivity contribution in [2.45, 2.75) is 12.8 Å². The third-order valence-electron chi connectivity index (χ3n) is 3.09. The van der Waals surface area contributed by atoms with Gasteiger partial charge >= 0.3 is 0 Å². The number of benzene rings is 1. The Balaban J connectivity index is 1.88. The lowest BCUT2D eigenvalue weighted by atomic mass is 10.00. The van der Waals surface area contributed by atoms with Crippen LogP contribution in [0.25, 0.3) is 0 Å². The fraction of sp³-hybridized carbons (Fsp3) is 0.538. The van der Waals surface area contributed by atoms with Gasteiger partial charge < -0.3 is 15.4 Å². The highest BCUT2D eigenvalue weighted by atomic mass is 16.5. The van der Waals surface area contributed by atoms with E-state index < -0.39 is 0 Å². The lowest BCUT2D eigenvalue weighted by Gasteiger charge is -2.23. The minimum absolute atomic E-state index is 0.735. The smallest absolute Gasteiger partial charge is 0.141 e. The minimum atomic E-state index is 0.735. The Labute approximate surface area is 97.2 Å². The van der Waals surface area contributed by atoms with Crippen LogP contribution >= 0.6 is 0 Å². The van der Waals surface area contributed by atoms with Crippen LogP contribution in [-0.2, 0) is 0 Å². The van der Waals surface area contributed by atoms with Crippen LogP contribution in [0.2, 0.25) is 0 Å². The van der Waals surface area contributed by atoms with Gasteiger partial charge in [-0.05, 0) is 44.0 Å². The van der Waals surface area contributed by atoms with Crippen molar-refractivity contribution in [1.29, 1.82) is 0 Å². The van der Waals surface area contributed by atoms with E-state index in [1.165, 1.54) is 19.4 Å². The molecule has 1 aliphatic rings. The summed E-state index contributed by atoms with van der Waals surface area (Å²) in [6, 6.07) is 8.08. The molecule has 1 saturated heterocycles. The molecule has 0 amide bonds. The standard InChI is InChI=1S/C13H20N2O/c1-16-13-7-3-2-6-12(13)15-10-11-5-4-8-14-9-11/h2-3,6-7,11,14-15H,4-5,8-10H2,1H3. The van der Waals surface area contributed by atoms with Crippen molar-refractivity contribution in [3.8, 4) is 5.75 Å². The number of ether oxygens (including phenoxy) is 1. The minimum Gasteiger partial charge on any atom is -0.495 e. The molecule has 0 saturated carbocycles. The van der Waals surface area contributed by atoms with Crippen molar-refractivity contribution in [3.05, 3.63) is 24.3 Å².